The molecule has 0 aromatic heterocycles. The molecule has 0 unspecified atom stereocenters. The third-order valence-electron chi connectivity index (χ3n) is 2.73. The second-order valence-corrected chi connectivity index (χ2v) is 5.11. The fraction of sp³-hybridized carbons (Fsp3) is 0.133. The van der Waals surface area contributed by atoms with E-state index in [9.17, 15) is 4.79 Å². The Hall–Kier alpha value is -1.81. The summed E-state index contributed by atoms with van der Waals surface area (Å²) in [6.07, 6.45) is 0. The van der Waals surface area contributed by atoms with Crippen molar-refractivity contribution >= 4 is 27.6 Å². The molecule has 2 N–H and O–H groups in total. The van der Waals surface area contributed by atoms with E-state index in [1.165, 1.54) is 0 Å². The number of hydrogen-bond acceptors (Lipinski definition) is 1. The van der Waals surface area contributed by atoms with Crippen LogP contribution in [0.5, 0.6) is 0 Å². The summed E-state index contributed by atoms with van der Waals surface area (Å²) in [7, 11) is 0. The minimum Gasteiger partial charge on any atom is -0.334 e. The Labute approximate surface area is 121 Å². The number of carbonyl (C=O) groups is 1. The van der Waals surface area contributed by atoms with Gasteiger partial charge in [-0.25, -0.2) is 4.79 Å². The van der Waals surface area contributed by atoms with Crippen molar-refractivity contribution in [2.75, 3.05) is 5.32 Å². The highest BCUT2D eigenvalue weighted by Crippen LogP contribution is 2.20. The average molecular weight is 319 g/mol. The van der Waals surface area contributed by atoms with Gasteiger partial charge >= 0.3 is 6.03 Å². The molecule has 0 aliphatic carbocycles. The maximum Gasteiger partial charge on any atom is 0.319 e. The van der Waals surface area contributed by atoms with Crippen molar-refractivity contribution in [3.05, 3.63) is 64.1 Å². The van der Waals surface area contributed by atoms with Crippen LogP contribution in [-0.4, -0.2) is 6.03 Å². The maximum absolute atomic E-state index is 11.7. The third kappa shape index (κ3) is 4.10. The average Bonchev–Trinajstić information content (AvgIpc) is 2.42. The number of hydrogen-bond donors (Lipinski definition) is 2. The number of aryl methyl sites for hydroxylation is 1. The molecule has 2 aromatic carbocycles. The van der Waals surface area contributed by atoms with Crippen LogP contribution >= 0.6 is 15.9 Å². The van der Waals surface area contributed by atoms with Crippen molar-refractivity contribution in [3.63, 3.8) is 0 Å². The first-order valence-electron chi connectivity index (χ1n) is 6.00. The summed E-state index contributed by atoms with van der Waals surface area (Å²) in [5, 5.41) is 5.62. The van der Waals surface area contributed by atoms with E-state index in [1.54, 1.807) is 0 Å². The van der Waals surface area contributed by atoms with E-state index in [2.05, 4.69) is 26.6 Å². The van der Waals surface area contributed by atoms with Gasteiger partial charge in [0.2, 0.25) is 0 Å². The molecule has 0 radical (unpaired) electrons. The van der Waals surface area contributed by atoms with E-state index in [0.717, 1.165) is 21.3 Å². The van der Waals surface area contributed by atoms with Crippen molar-refractivity contribution in [3.8, 4) is 0 Å². The zero-order valence-corrected chi connectivity index (χ0v) is 12.2. The largest absolute Gasteiger partial charge is 0.334 e. The molecule has 0 saturated heterocycles. The number of anilines is 1. The van der Waals surface area contributed by atoms with E-state index in [4.69, 9.17) is 0 Å². The number of halogens is 1. The minimum atomic E-state index is -0.209. The van der Waals surface area contributed by atoms with E-state index in [-0.39, 0.29) is 6.03 Å². The molecular weight excluding hydrogens is 304 g/mol. The molecule has 0 atom stereocenters. The number of nitrogens with one attached hydrogen (secondary N) is 2. The van der Waals surface area contributed by atoms with Crippen molar-refractivity contribution in [2.45, 2.75) is 13.5 Å². The fourth-order valence-electron chi connectivity index (χ4n) is 1.62. The molecule has 0 bridgehead atoms. The predicted molar refractivity (Wildman–Crippen MR) is 81.2 cm³/mol. The lowest BCUT2D eigenvalue weighted by Crippen LogP contribution is -2.28. The van der Waals surface area contributed by atoms with Gasteiger partial charge in [0.15, 0.2) is 0 Å². The molecule has 0 heterocycles. The highest BCUT2D eigenvalue weighted by molar-refractivity contribution is 9.10. The van der Waals surface area contributed by atoms with Gasteiger partial charge in [-0.1, -0.05) is 52.3 Å². The molecule has 0 spiro atoms. The van der Waals surface area contributed by atoms with Gasteiger partial charge in [0.1, 0.15) is 0 Å². The van der Waals surface area contributed by atoms with E-state index >= 15 is 0 Å². The Morgan fingerprint density at radius 3 is 2.58 bits per heavy atom. The van der Waals surface area contributed by atoms with Crippen molar-refractivity contribution in [1.29, 1.82) is 0 Å². The molecule has 2 amide bonds. The summed E-state index contributed by atoms with van der Waals surface area (Å²) in [6.45, 7) is 2.52. The SMILES string of the molecule is Cc1ccc(NC(=O)NCc2ccccc2)cc1Br. The van der Waals surface area contributed by atoms with Crippen molar-refractivity contribution in [2.24, 2.45) is 0 Å². The van der Waals surface area contributed by atoms with Gasteiger partial charge in [-0.15, -0.1) is 0 Å². The van der Waals surface area contributed by atoms with Crippen LogP contribution in [0.1, 0.15) is 11.1 Å². The summed E-state index contributed by atoms with van der Waals surface area (Å²) in [5.74, 6) is 0. The van der Waals surface area contributed by atoms with Crippen molar-refractivity contribution in [1.82, 2.24) is 5.32 Å². The van der Waals surface area contributed by atoms with Crippen molar-refractivity contribution < 1.29 is 4.79 Å². The van der Waals surface area contributed by atoms with Crippen LogP contribution in [0.3, 0.4) is 0 Å². The Morgan fingerprint density at radius 2 is 1.89 bits per heavy atom. The first-order chi connectivity index (χ1) is 9.15. The standard InChI is InChI=1S/C15H15BrN2O/c1-11-7-8-13(9-14(11)16)18-15(19)17-10-12-5-3-2-4-6-12/h2-9H,10H2,1H3,(H2,17,18,19). The zero-order valence-electron chi connectivity index (χ0n) is 10.6. The second kappa shape index (κ2) is 6.38. The van der Waals surface area contributed by atoms with Gasteiger partial charge in [-0.2, -0.15) is 0 Å². The van der Waals surface area contributed by atoms with E-state index in [0.29, 0.717) is 6.54 Å². The Balaban J connectivity index is 1.89. The smallest absolute Gasteiger partial charge is 0.319 e. The Kier molecular flexibility index (Phi) is 4.58. The summed E-state index contributed by atoms with van der Waals surface area (Å²) >= 11 is 3.44. The highest BCUT2D eigenvalue weighted by Gasteiger charge is 2.03. The first-order valence-corrected chi connectivity index (χ1v) is 6.79. The van der Waals surface area contributed by atoms with Gasteiger partial charge in [0, 0.05) is 16.7 Å². The molecule has 0 aliphatic heterocycles. The summed E-state index contributed by atoms with van der Waals surface area (Å²) in [4.78, 5) is 11.7. The zero-order chi connectivity index (χ0) is 13.7. The molecular formula is C15H15BrN2O. The quantitative estimate of drug-likeness (QED) is 0.879. The molecule has 0 fully saturated rings. The topological polar surface area (TPSA) is 41.1 Å². The van der Waals surface area contributed by atoms with Crippen LogP contribution in [0, 0.1) is 6.92 Å². The van der Waals surface area contributed by atoms with Gasteiger partial charge < -0.3 is 10.6 Å². The number of urea groups is 1. The predicted octanol–water partition coefficient (Wildman–Crippen LogP) is 4.08. The molecule has 2 aromatic rings. The first kappa shape index (κ1) is 13.6. The third-order valence-corrected chi connectivity index (χ3v) is 3.58. The van der Waals surface area contributed by atoms with Gasteiger partial charge in [-0.3, -0.25) is 0 Å². The highest BCUT2D eigenvalue weighted by atomic mass is 79.9. The van der Waals surface area contributed by atoms with Crippen LogP contribution in [-0.2, 0) is 6.54 Å². The van der Waals surface area contributed by atoms with Crippen LogP contribution in [0.15, 0.2) is 53.0 Å². The molecule has 0 saturated carbocycles. The molecule has 2 rings (SSSR count). The number of rotatable bonds is 3. The van der Waals surface area contributed by atoms with Gasteiger partial charge in [0.25, 0.3) is 0 Å². The fourth-order valence-corrected chi connectivity index (χ4v) is 2.00. The second-order valence-electron chi connectivity index (χ2n) is 4.26. The van der Waals surface area contributed by atoms with Crippen LogP contribution in [0.25, 0.3) is 0 Å². The monoisotopic (exact) mass is 318 g/mol. The normalized spacial score (nSPS) is 10.0. The summed E-state index contributed by atoms with van der Waals surface area (Å²) < 4.78 is 0.980. The molecule has 4 heteroatoms. The molecule has 19 heavy (non-hydrogen) atoms. The van der Waals surface area contributed by atoms with E-state index in [1.807, 2.05) is 55.5 Å². The number of carbonyl (C=O) groups excluding carboxylic acids is 1. The lowest BCUT2D eigenvalue weighted by molar-refractivity contribution is 0.251. The number of benzene rings is 2. The molecule has 3 nitrogen and oxygen atoms in total. The summed E-state index contributed by atoms with van der Waals surface area (Å²) in [5.41, 5.74) is 2.97. The maximum atomic E-state index is 11.7. The number of amides is 2. The lowest BCUT2D eigenvalue weighted by atomic mass is 10.2. The Bertz CT molecular complexity index is 570. The van der Waals surface area contributed by atoms with Gasteiger partial charge in [-0.05, 0) is 30.2 Å². The molecule has 0 aliphatic rings. The van der Waals surface area contributed by atoms with Crippen LogP contribution in [0.2, 0.25) is 0 Å². The Morgan fingerprint density at radius 1 is 1.16 bits per heavy atom. The van der Waals surface area contributed by atoms with Gasteiger partial charge in [0.05, 0.1) is 0 Å². The minimum absolute atomic E-state index is 0.209. The summed E-state index contributed by atoms with van der Waals surface area (Å²) in [6, 6.07) is 15.3. The lowest BCUT2D eigenvalue weighted by Gasteiger charge is -2.08. The van der Waals surface area contributed by atoms with Crippen LogP contribution in [0.4, 0.5) is 10.5 Å². The molecule has 98 valence electrons. The van der Waals surface area contributed by atoms with Crippen LogP contribution < -0.4 is 10.6 Å². The van der Waals surface area contributed by atoms with E-state index < -0.39 is 0 Å².